The van der Waals surface area contributed by atoms with Gasteiger partial charge in [0.05, 0.1) is 5.41 Å². The smallest absolute Gasteiger partial charge is 0.230 e. The number of anilines is 1. The molecular formula is C20H25FN2O2. The first-order chi connectivity index (χ1) is 11.8. The highest BCUT2D eigenvalue weighted by molar-refractivity contribution is 5.96. The molecule has 0 heterocycles. The van der Waals surface area contributed by atoms with Gasteiger partial charge in [0, 0.05) is 18.2 Å². The van der Waals surface area contributed by atoms with Crippen LogP contribution in [0.15, 0.2) is 18.2 Å². The van der Waals surface area contributed by atoms with Gasteiger partial charge in [0.1, 0.15) is 5.82 Å². The van der Waals surface area contributed by atoms with Gasteiger partial charge in [-0.1, -0.05) is 6.07 Å². The molecule has 5 rings (SSSR count). The number of carbonyl (C=O) groups excluding carboxylic acids is 2. The van der Waals surface area contributed by atoms with Gasteiger partial charge in [-0.15, -0.1) is 0 Å². The van der Waals surface area contributed by atoms with E-state index >= 15 is 0 Å². The SMILES string of the molecule is CC(=O)NC12C[C@H]3C[C@@H](C1)CC(C(=O)Nc1cc(F)ccc1C)(C3)C2. The van der Waals surface area contributed by atoms with Crippen LogP contribution in [0, 0.1) is 30.0 Å². The lowest BCUT2D eigenvalue weighted by atomic mass is 9.46. The van der Waals surface area contributed by atoms with E-state index in [4.69, 9.17) is 0 Å². The van der Waals surface area contributed by atoms with Crippen molar-refractivity contribution in [3.8, 4) is 0 Å². The van der Waals surface area contributed by atoms with Crippen LogP contribution in [0.1, 0.15) is 51.0 Å². The molecule has 4 bridgehead atoms. The predicted molar refractivity (Wildman–Crippen MR) is 93.4 cm³/mol. The summed E-state index contributed by atoms with van der Waals surface area (Å²) in [5, 5.41) is 6.16. The number of hydrogen-bond donors (Lipinski definition) is 2. The van der Waals surface area contributed by atoms with Gasteiger partial charge in [-0.25, -0.2) is 4.39 Å². The number of benzene rings is 1. The molecule has 4 atom stereocenters. The Morgan fingerprint density at radius 2 is 1.84 bits per heavy atom. The van der Waals surface area contributed by atoms with Crippen LogP contribution in [0.4, 0.5) is 10.1 Å². The van der Waals surface area contributed by atoms with E-state index in [1.54, 1.807) is 13.0 Å². The van der Waals surface area contributed by atoms with Crippen LogP contribution < -0.4 is 10.6 Å². The third-order valence-electron chi connectivity index (χ3n) is 6.43. The topological polar surface area (TPSA) is 58.2 Å². The van der Waals surface area contributed by atoms with Crippen LogP contribution in [-0.2, 0) is 9.59 Å². The maximum atomic E-state index is 13.6. The van der Waals surface area contributed by atoms with Gasteiger partial charge < -0.3 is 10.6 Å². The zero-order valence-electron chi connectivity index (χ0n) is 14.8. The lowest BCUT2D eigenvalue weighted by Gasteiger charge is -2.61. The first-order valence-corrected chi connectivity index (χ1v) is 9.16. The third kappa shape index (κ3) is 2.83. The number of aryl methyl sites for hydroxylation is 1. The molecule has 5 heteroatoms. The summed E-state index contributed by atoms with van der Waals surface area (Å²) in [5.74, 6) is 0.615. The Morgan fingerprint density at radius 3 is 2.48 bits per heavy atom. The van der Waals surface area contributed by atoms with Crippen molar-refractivity contribution in [3.05, 3.63) is 29.6 Å². The number of hydrogen-bond acceptors (Lipinski definition) is 2. The lowest BCUT2D eigenvalue weighted by molar-refractivity contribution is -0.148. The first kappa shape index (κ1) is 16.6. The largest absolute Gasteiger partial charge is 0.351 e. The van der Waals surface area contributed by atoms with Gasteiger partial charge in [0.2, 0.25) is 11.8 Å². The van der Waals surface area contributed by atoms with Crippen LogP contribution >= 0.6 is 0 Å². The fourth-order valence-electron chi connectivity index (χ4n) is 6.03. The van der Waals surface area contributed by atoms with Gasteiger partial charge in [-0.05, 0) is 75.0 Å². The minimum absolute atomic E-state index is 0.00923. The first-order valence-electron chi connectivity index (χ1n) is 9.16. The number of rotatable bonds is 3. The summed E-state index contributed by atoms with van der Waals surface area (Å²) in [6, 6.07) is 4.47. The van der Waals surface area contributed by atoms with Gasteiger partial charge in [0.25, 0.3) is 0 Å². The molecule has 0 aromatic heterocycles. The molecule has 4 nitrogen and oxygen atoms in total. The number of amides is 2. The second-order valence-electron chi connectivity index (χ2n) is 8.62. The molecule has 4 fully saturated rings. The summed E-state index contributed by atoms with van der Waals surface area (Å²) >= 11 is 0. The molecule has 0 saturated heterocycles. The van der Waals surface area contributed by atoms with E-state index in [2.05, 4.69) is 10.6 Å². The average Bonchev–Trinajstić information content (AvgIpc) is 2.48. The molecule has 1 aromatic rings. The maximum absolute atomic E-state index is 13.6. The van der Waals surface area contributed by atoms with E-state index in [0.717, 1.165) is 37.7 Å². The summed E-state index contributed by atoms with van der Waals surface area (Å²) in [6.07, 6.45) is 5.59. The third-order valence-corrected chi connectivity index (χ3v) is 6.43. The van der Waals surface area contributed by atoms with Crippen molar-refractivity contribution in [1.29, 1.82) is 0 Å². The van der Waals surface area contributed by atoms with Gasteiger partial charge in [-0.3, -0.25) is 9.59 Å². The number of halogens is 1. The van der Waals surface area contributed by atoms with Crippen molar-refractivity contribution in [3.63, 3.8) is 0 Å². The lowest BCUT2D eigenvalue weighted by Crippen LogP contribution is -2.65. The highest BCUT2D eigenvalue weighted by atomic mass is 19.1. The molecule has 0 radical (unpaired) electrons. The van der Waals surface area contributed by atoms with Gasteiger partial charge in [-0.2, -0.15) is 0 Å². The molecule has 2 N–H and O–H groups in total. The van der Waals surface area contributed by atoms with E-state index in [9.17, 15) is 14.0 Å². The fourth-order valence-corrected chi connectivity index (χ4v) is 6.03. The molecule has 1 aromatic carbocycles. The zero-order chi connectivity index (χ0) is 17.8. The summed E-state index contributed by atoms with van der Waals surface area (Å²) < 4.78 is 13.6. The Balaban J connectivity index is 1.61. The molecule has 4 saturated carbocycles. The van der Waals surface area contributed by atoms with E-state index in [0.29, 0.717) is 23.9 Å². The van der Waals surface area contributed by atoms with Crippen molar-refractivity contribution in [2.45, 2.75) is 57.9 Å². The van der Waals surface area contributed by atoms with Crippen molar-refractivity contribution < 1.29 is 14.0 Å². The number of carbonyl (C=O) groups is 2. The predicted octanol–water partition coefficient (Wildman–Crippen LogP) is 3.55. The summed E-state index contributed by atoms with van der Waals surface area (Å²) in [7, 11) is 0. The quantitative estimate of drug-likeness (QED) is 0.881. The monoisotopic (exact) mass is 344 g/mol. The second kappa shape index (κ2) is 5.55. The van der Waals surface area contributed by atoms with E-state index in [1.165, 1.54) is 12.1 Å². The molecule has 0 spiro atoms. The Bertz CT molecular complexity index is 731. The minimum atomic E-state index is -0.439. The fraction of sp³-hybridized carbons (Fsp3) is 0.600. The Labute approximate surface area is 147 Å². The highest BCUT2D eigenvalue weighted by Gasteiger charge is 2.60. The molecular weight excluding hydrogens is 319 g/mol. The van der Waals surface area contributed by atoms with Crippen molar-refractivity contribution in [1.82, 2.24) is 5.32 Å². The summed E-state index contributed by atoms with van der Waals surface area (Å²) in [4.78, 5) is 24.9. The van der Waals surface area contributed by atoms with Crippen LogP contribution in [0.3, 0.4) is 0 Å². The molecule has 25 heavy (non-hydrogen) atoms. The van der Waals surface area contributed by atoms with Crippen molar-refractivity contribution in [2.24, 2.45) is 17.3 Å². The standard InChI is InChI=1S/C20H25FN2O2/c1-12-3-4-16(21)6-17(12)22-18(25)19-7-14-5-15(8-19)10-20(9-14,11-19)23-13(2)24/h3-4,6,14-15H,5,7-11H2,1-2H3,(H,22,25)(H,23,24)/t14-,15+,19?,20?. The Kier molecular flexibility index (Phi) is 3.67. The molecule has 2 unspecified atom stereocenters. The van der Waals surface area contributed by atoms with Crippen molar-refractivity contribution >= 4 is 17.5 Å². The molecule has 0 aliphatic heterocycles. The average molecular weight is 344 g/mol. The molecule has 4 aliphatic carbocycles. The van der Waals surface area contributed by atoms with Crippen LogP contribution in [0.5, 0.6) is 0 Å². The number of nitrogens with one attached hydrogen (secondary N) is 2. The Morgan fingerprint density at radius 1 is 1.16 bits per heavy atom. The highest BCUT2D eigenvalue weighted by Crippen LogP contribution is 2.61. The normalized spacial score (nSPS) is 35.5. The zero-order valence-corrected chi connectivity index (χ0v) is 14.8. The maximum Gasteiger partial charge on any atom is 0.230 e. The summed E-state index contributed by atoms with van der Waals surface area (Å²) in [5.41, 5.74) is 0.737. The van der Waals surface area contributed by atoms with E-state index < -0.39 is 5.41 Å². The van der Waals surface area contributed by atoms with Gasteiger partial charge >= 0.3 is 0 Å². The minimum Gasteiger partial charge on any atom is -0.351 e. The van der Waals surface area contributed by atoms with Crippen LogP contribution in [-0.4, -0.2) is 17.4 Å². The molecule has 2 amide bonds. The Hall–Kier alpha value is -1.91. The van der Waals surface area contributed by atoms with Crippen LogP contribution in [0.2, 0.25) is 0 Å². The molecule has 134 valence electrons. The van der Waals surface area contributed by atoms with E-state index in [1.807, 2.05) is 6.92 Å². The summed E-state index contributed by atoms with van der Waals surface area (Å²) in [6.45, 7) is 3.43. The molecule has 4 aliphatic rings. The van der Waals surface area contributed by atoms with Crippen LogP contribution in [0.25, 0.3) is 0 Å². The van der Waals surface area contributed by atoms with E-state index in [-0.39, 0.29) is 23.2 Å². The van der Waals surface area contributed by atoms with Crippen molar-refractivity contribution in [2.75, 3.05) is 5.32 Å². The van der Waals surface area contributed by atoms with Gasteiger partial charge in [0.15, 0.2) is 0 Å². The second-order valence-corrected chi connectivity index (χ2v) is 8.62.